The summed E-state index contributed by atoms with van der Waals surface area (Å²) in [4.78, 5) is 19.6. The third-order valence-corrected chi connectivity index (χ3v) is 14.4. The topological polar surface area (TPSA) is 39.2 Å². The summed E-state index contributed by atoms with van der Waals surface area (Å²) in [5, 5.41) is 6.50. The molecule has 4 nitrogen and oxygen atoms in total. The molecule has 4 aliphatic carbocycles. The molecule has 4 heteroatoms. The van der Waals surface area contributed by atoms with Crippen LogP contribution < -0.4 is 0 Å². The normalized spacial score (nSPS) is 33.7. The molecule has 4 aromatic carbocycles. The lowest BCUT2D eigenvalue weighted by Gasteiger charge is -2.59. The van der Waals surface area contributed by atoms with E-state index in [0.717, 1.165) is 58.8 Å². The Morgan fingerprint density at radius 1 is 0.796 bits per heavy atom. The van der Waals surface area contributed by atoms with Crippen molar-refractivity contribution >= 4 is 38.4 Å². The molecule has 5 atom stereocenters. The molecule has 0 amide bonds. The molecule has 12 rings (SSSR count). The van der Waals surface area contributed by atoms with Gasteiger partial charge in [0.2, 0.25) is 0 Å². The van der Waals surface area contributed by atoms with Crippen molar-refractivity contribution in [3.05, 3.63) is 102 Å². The van der Waals surface area contributed by atoms with Gasteiger partial charge in [0.05, 0.1) is 24.5 Å². The van der Waals surface area contributed by atoms with Gasteiger partial charge in [0.25, 0.3) is 0 Å². The first-order valence-electron chi connectivity index (χ1n) is 19.4. The van der Waals surface area contributed by atoms with Crippen molar-refractivity contribution in [2.75, 3.05) is 13.1 Å². The van der Waals surface area contributed by atoms with E-state index in [2.05, 4.69) is 91.9 Å². The number of quaternary nitrogens is 1. The number of carbonyl (C=O) groups is 1. The number of para-hydroxylation sites is 1. The number of piperidine rings is 3. The molecule has 1 aromatic heterocycles. The zero-order valence-electron chi connectivity index (χ0n) is 28.8. The largest absolute Gasteiger partial charge is 0.451 e. The Balaban J connectivity index is 1.11. The summed E-state index contributed by atoms with van der Waals surface area (Å²) in [5.41, 5.74) is 3.61. The summed E-state index contributed by atoms with van der Waals surface area (Å²) >= 11 is 0. The first-order chi connectivity index (χ1) is 24.1. The van der Waals surface area contributed by atoms with Crippen LogP contribution in [0.25, 0.3) is 32.4 Å². The number of carbonyl (C=O) groups excluding carboxylic acids is 1. The zero-order valence-corrected chi connectivity index (χ0v) is 28.8. The van der Waals surface area contributed by atoms with Crippen molar-refractivity contribution in [1.29, 1.82) is 0 Å². The molecule has 0 spiro atoms. The fraction of sp³-hybridized carbons (Fsp3) is 0.467. The van der Waals surface area contributed by atoms with Gasteiger partial charge in [0.1, 0.15) is 12.6 Å². The lowest BCUT2D eigenvalue weighted by atomic mass is 9.52. The maximum atomic E-state index is 14.8. The number of ether oxygens (including phenoxy) is 1. The molecule has 3 saturated heterocycles. The SMILES string of the molecule is CCC1C[N+]2(Cc3c4ccccc4cc4ccccc34)CCC1CC2[C@@H](OC(=O)C1C2CC3CC(C2)CC1C3)c1ccnc2ccccc12. The summed E-state index contributed by atoms with van der Waals surface area (Å²) in [5.74, 6) is 4.23. The highest BCUT2D eigenvalue weighted by molar-refractivity contribution is 6.02. The Bertz CT molecular complexity index is 1980. The average molecular weight is 650 g/mol. The van der Waals surface area contributed by atoms with Gasteiger partial charge in [0, 0.05) is 41.5 Å². The maximum Gasteiger partial charge on any atom is 0.310 e. The van der Waals surface area contributed by atoms with E-state index >= 15 is 0 Å². The number of esters is 1. The maximum absolute atomic E-state index is 14.8. The van der Waals surface area contributed by atoms with Crippen LogP contribution in [-0.2, 0) is 16.1 Å². The van der Waals surface area contributed by atoms with Crippen LogP contribution in [-0.4, -0.2) is 34.6 Å². The van der Waals surface area contributed by atoms with E-state index in [0.29, 0.717) is 23.7 Å². The number of aromatic nitrogens is 1. The van der Waals surface area contributed by atoms with Crippen molar-refractivity contribution < 1.29 is 14.0 Å². The first-order valence-corrected chi connectivity index (χ1v) is 19.4. The van der Waals surface area contributed by atoms with Crippen LogP contribution in [0.1, 0.15) is 75.5 Å². The van der Waals surface area contributed by atoms with E-state index in [1.54, 1.807) is 0 Å². The van der Waals surface area contributed by atoms with Gasteiger partial charge in [-0.05, 0) is 108 Å². The Kier molecular flexibility index (Phi) is 7.16. The summed E-state index contributed by atoms with van der Waals surface area (Å²) in [6.45, 7) is 5.65. The van der Waals surface area contributed by atoms with Crippen molar-refractivity contribution in [3.8, 4) is 0 Å². The molecule has 3 aliphatic heterocycles. The van der Waals surface area contributed by atoms with Gasteiger partial charge in [-0.2, -0.15) is 0 Å². The molecule has 7 fully saturated rings. The van der Waals surface area contributed by atoms with Crippen molar-refractivity contribution in [3.63, 3.8) is 0 Å². The molecule has 49 heavy (non-hydrogen) atoms. The van der Waals surface area contributed by atoms with Crippen LogP contribution in [0.3, 0.4) is 0 Å². The summed E-state index contributed by atoms with van der Waals surface area (Å²) in [7, 11) is 0. The van der Waals surface area contributed by atoms with Crippen LogP contribution in [0.5, 0.6) is 0 Å². The Morgan fingerprint density at radius 2 is 1.45 bits per heavy atom. The van der Waals surface area contributed by atoms with Gasteiger partial charge in [-0.25, -0.2) is 0 Å². The van der Waals surface area contributed by atoms with E-state index in [1.165, 1.54) is 72.1 Å². The van der Waals surface area contributed by atoms with Gasteiger partial charge in [-0.15, -0.1) is 0 Å². The number of hydrogen-bond acceptors (Lipinski definition) is 3. The first kappa shape index (κ1) is 30.1. The lowest BCUT2D eigenvalue weighted by Crippen LogP contribution is -2.68. The van der Waals surface area contributed by atoms with E-state index in [1.807, 2.05) is 6.20 Å². The summed E-state index contributed by atoms with van der Waals surface area (Å²) in [6.07, 6.45) is 11.5. The standard InChI is InChI=1S/C45H49N2O2/c1-2-30-26-47(27-40-36-11-5-3-9-32(36)24-33-10-4-6-12-37(33)40)18-16-31(30)25-42(47)44(39-15-17-46-41-14-8-7-13-38(39)41)49-45(48)43-34-20-28-19-29(22-34)23-35(43)21-28/h3-15,17,24,28-31,34-35,42-44H,2,16,18-23,25-27H2,1H3/q+1/t28?,29?,30?,31?,34?,35?,42?,43?,44-,47?/m0/s1. The smallest absolute Gasteiger partial charge is 0.310 e. The average Bonchev–Trinajstić information content (AvgIpc) is 3.13. The van der Waals surface area contributed by atoms with Gasteiger partial charge < -0.3 is 9.22 Å². The van der Waals surface area contributed by atoms with Crippen LogP contribution in [0.2, 0.25) is 0 Å². The Hall–Kier alpha value is -3.76. The van der Waals surface area contributed by atoms with E-state index in [4.69, 9.17) is 9.72 Å². The quantitative estimate of drug-likeness (QED) is 0.100. The fourth-order valence-corrected chi connectivity index (χ4v) is 12.5. The van der Waals surface area contributed by atoms with Gasteiger partial charge in [-0.1, -0.05) is 73.7 Å². The highest BCUT2D eigenvalue weighted by Gasteiger charge is 2.57. The van der Waals surface area contributed by atoms with Crippen LogP contribution in [0.15, 0.2) is 91.1 Å². The number of rotatable bonds is 7. The molecular formula is C45H49N2O2+. The lowest BCUT2D eigenvalue weighted by molar-refractivity contribution is -0.985. The Morgan fingerprint density at radius 3 is 2.14 bits per heavy atom. The molecule has 6 bridgehead atoms. The van der Waals surface area contributed by atoms with Crippen LogP contribution in [0.4, 0.5) is 0 Å². The molecule has 4 unspecified atom stereocenters. The second-order valence-electron chi connectivity index (χ2n) is 16.8. The van der Waals surface area contributed by atoms with Gasteiger partial charge >= 0.3 is 5.97 Å². The van der Waals surface area contributed by atoms with E-state index in [-0.39, 0.29) is 24.0 Å². The van der Waals surface area contributed by atoms with Crippen LogP contribution in [0, 0.1) is 41.4 Å². The predicted molar refractivity (Wildman–Crippen MR) is 197 cm³/mol. The van der Waals surface area contributed by atoms with E-state index < -0.39 is 0 Å². The molecule has 4 saturated carbocycles. The summed E-state index contributed by atoms with van der Waals surface area (Å²) in [6, 6.07) is 31.2. The minimum absolute atomic E-state index is 0.0676. The molecule has 4 heterocycles. The van der Waals surface area contributed by atoms with Crippen molar-refractivity contribution in [2.45, 2.75) is 77.0 Å². The number of pyridine rings is 1. The number of nitrogens with zero attached hydrogens (tertiary/aromatic N) is 2. The Labute approximate surface area is 290 Å². The summed E-state index contributed by atoms with van der Waals surface area (Å²) < 4.78 is 8.18. The molecular weight excluding hydrogens is 601 g/mol. The third kappa shape index (κ3) is 4.88. The number of fused-ring (bicyclic) bond motifs is 6. The molecule has 0 radical (unpaired) electrons. The highest BCUT2D eigenvalue weighted by atomic mass is 16.5. The molecule has 0 N–H and O–H groups in total. The minimum atomic E-state index is -0.292. The van der Waals surface area contributed by atoms with Crippen molar-refractivity contribution in [1.82, 2.24) is 4.98 Å². The monoisotopic (exact) mass is 649 g/mol. The predicted octanol–water partition coefficient (Wildman–Crippen LogP) is 10.0. The fourth-order valence-electron chi connectivity index (χ4n) is 12.5. The van der Waals surface area contributed by atoms with Gasteiger partial charge in [-0.3, -0.25) is 9.78 Å². The van der Waals surface area contributed by atoms with E-state index in [9.17, 15) is 4.79 Å². The number of hydrogen-bond donors (Lipinski definition) is 0. The second-order valence-corrected chi connectivity index (χ2v) is 16.8. The third-order valence-electron chi connectivity index (χ3n) is 14.4. The van der Waals surface area contributed by atoms with Crippen molar-refractivity contribution in [2.24, 2.45) is 41.4 Å². The van der Waals surface area contributed by atoms with Crippen LogP contribution >= 0.6 is 0 Å². The number of benzene rings is 4. The highest BCUT2D eigenvalue weighted by Crippen LogP contribution is 2.58. The molecule has 7 aliphatic rings. The second kappa shape index (κ2) is 11.7. The molecule has 250 valence electrons. The zero-order chi connectivity index (χ0) is 32.7. The minimum Gasteiger partial charge on any atom is -0.451 e. The molecule has 5 aromatic rings. The van der Waals surface area contributed by atoms with Gasteiger partial charge in [0.15, 0.2) is 6.10 Å².